The molecule has 3 saturated heterocycles. The van der Waals surface area contributed by atoms with Gasteiger partial charge in [-0.2, -0.15) is 0 Å². The molecule has 1 N–H and O–H groups in total. The number of hydrogen-bond acceptors (Lipinski definition) is 5. The molecule has 1 atom stereocenters. The normalized spacial score (nSPS) is 22.4. The van der Waals surface area contributed by atoms with Crippen molar-refractivity contribution in [2.75, 3.05) is 59.5 Å². The maximum absolute atomic E-state index is 13.8. The van der Waals surface area contributed by atoms with Crippen LogP contribution in [0.1, 0.15) is 43.0 Å². The van der Waals surface area contributed by atoms with Crippen LogP contribution < -0.4 is 0 Å². The fourth-order valence-corrected chi connectivity index (χ4v) is 6.09. The van der Waals surface area contributed by atoms with Crippen molar-refractivity contribution in [3.8, 4) is 0 Å². The molecule has 0 unspecified atom stereocenters. The molecule has 0 spiro atoms. The molecule has 0 saturated carbocycles. The Morgan fingerprint density at radius 3 is 2.31 bits per heavy atom. The summed E-state index contributed by atoms with van der Waals surface area (Å²) in [6.45, 7) is 8.16. The molecule has 3 aliphatic heterocycles. The number of ether oxygens (including phenoxy) is 1. The zero-order valence-corrected chi connectivity index (χ0v) is 21.1. The molecule has 2 amide bonds. The number of benzene rings is 1. The average molecular weight is 482 g/mol. The molecule has 3 fully saturated rings. The lowest BCUT2D eigenvalue weighted by atomic mass is 9.79. The van der Waals surface area contributed by atoms with E-state index >= 15 is 0 Å². The predicted octanol–water partition coefficient (Wildman–Crippen LogP) is 2.83. The van der Waals surface area contributed by atoms with Gasteiger partial charge in [-0.3, -0.25) is 14.6 Å². The SMILES string of the molecule is C[C@H](C(=O)N1CCC(C2CCN(C)CC2)CC1)N(C(=O)c1ccc2cc[nH]c2c1)N1CCOCC1. The zero-order valence-electron chi connectivity index (χ0n) is 21.1. The highest BCUT2D eigenvalue weighted by Crippen LogP contribution is 2.32. The maximum Gasteiger partial charge on any atom is 0.268 e. The van der Waals surface area contributed by atoms with Crippen molar-refractivity contribution in [2.24, 2.45) is 11.8 Å². The van der Waals surface area contributed by atoms with E-state index in [9.17, 15) is 9.59 Å². The third-order valence-corrected chi connectivity index (χ3v) is 8.31. The Morgan fingerprint density at radius 2 is 1.63 bits per heavy atom. The fraction of sp³-hybridized carbons (Fsp3) is 0.630. The number of hydrazine groups is 1. The van der Waals surface area contributed by atoms with Crippen LogP contribution in [0.3, 0.4) is 0 Å². The molecular formula is C27H39N5O3. The van der Waals surface area contributed by atoms with Crippen molar-refractivity contribution in [3.05, 3.63) is 36.0 Å². The molecular weight excluding hydrogens is 442 g/mol. The minimum Gasteiger partial charge on any atom is -0.379 e. The molecule has 1 aromatic heterocycles. The van der Waals surface area contributed by atoms with Gasteiger partial charge in [0.1, 0.15) is 6.04 Å². The second-order valence-electron chi connectivity index (χ2n) is 10.5. The summed E-state index contributed by atoms with van der Waals surface area (Å²) < 4.78 is 5.53. The topological polar surface area (TPSA) is 72.1 Å². The maximum atomic E-state index is 13.8. The molecule has 4 heterocycles. The number of fused-ring (bicyclic) bond motifs is 1. The molecule has 0 bridgehead atoms. The van der Waals surface area contributed by atoms with E-state index < -0.39 is 6.04 Å². The number of aromatic amines is 1. The van der Waals surface area contributed by atoms with E-state index in [0.29, 0.717) is 37.8 Å². The summed E-state index contributed by atoms with van der Waals surface area (Å²) in [6, 6.07) is 7.13. The van der Waals surface area contributed by atoms with Crippen LogP contribution in [0.4, 0.5) is 0 Å². The van der Waals surface area contributed by atoms with Crippen molar-refractivity contribution in [1.82, 2.24) is 24.8 Å². The van der Waals surface area contributed by atoms with Gasteiger partial charge in [0.25, 0.3) is 5.91 Å². The summed E-state index contributed by atoms with van der Waals surface area (Å²) in [5.41, 5.74) is 1.51. The van der Waals surface area contributed by atoms with Crippen molar-refractivity contribution >= 4 is 22.7 Å². The molecule has 8 nitrogen and oxygen atoms in total. The van der Waals surface area contributed by atoms with Crippen LogP contribution >= 0.6 is 0 Å². The molecule has 190 valence electrons. The van der Waals surface area contributed by atoms with Gasteiger partial charge in [-0.15, -0.1) is 0 Å². The number of piperidine rings is 2. The van der Waals surface area contributed by atoms with Crippen molar-refractivity contribution in [2.45, 2.75) is 38.6 Å². The highest BCUT2D eigenvalue weighted by Gasteiger charge is 2.37. The van der Waals surface area contributed by atoms with Crippen molar-refractivity contribution < 1.29 is 14.3 Å². The van der Waals surface area contributed by atoms with Crippen LogP contribution in [0.25, 0.3) is 10.9 Å². The van der Waals surface area contributed by atoms with E-state index in [0.717, 1.165) is 42.8 Å². The number of rotatable bonds is 5. The Morgan fingerprint density at radius 1 is 0.971 bits per heavy atom. The second-order valence-corrected chi connectivity index (χ2v) is 10.5. The first kappa shape index (κ1) is 24.3. The summed E-state index contributed by atoms with van der Waals surface area (Å²) in [7, 11) is 2.20. The highest BCUT2D eigenvalue weighted by molar-refractivity contribution is 6.00. The Labute approximate surface area is 208 Å². The summed E-state index contributed by atoms with van der Waals surface area (Å²) >= 11 is 0. The van der Waals surface area contributed by atoms with Crippen molar-refractivity contribution in [3.63, 3.8) is 0 Å². The van der Waals surface area contributed by atoms with E-state index in [4.69, 9.17) is 4.74 Å². The first-order chi connectivity index (χ1) is 17.0. The first-order valence-corrected chi connectivity index (χ1v) is 13.2. The number of carbonyl (C=O) groups is 2. The average Bonchev–Trinajstić information content (AvgIpc) is 3.37. The number of morpholine rings is 1. The number of amides is 2. The van der Waals surface area contributed by atoms with Crippen LogP contribution in [0.2, 0.25) is 0 Å². The number of H-pyrrole nitrogens is 1. The molecule has 2 aromatic rings. The highest BCUT2D eigenvalue weighted by atomic mass is 16.5. The molecule has 5 rings (SSSR count). The van der Waals surface area contributed by atoms with Crippen LogP contribution in [-0.4, -0.2) is 102 Å². The number of likely N-dealkylation sites (tertiary alicyclic amines) is 2. The lowest BCUT2D eigenvalue weighted by Gasteiger charge is -2.43. The first-order valence-electron chi connectivity index (χ1n) is 13.2. The van der Waals surface area contributed by atoms with Crippen LogP contribution in [0.15, 0.2) is 30.5 Å². The van der Waals surface area contributed by atoms with E-state index in [2.05, 4.69) is 16.9 Å². The number of carbonyl (C=O) groups excluding carboxylic acids is 2. The minimum absolute atomic E-state index is 0.0487. The molecule has 8 heteroatoms. The zero-order chi connectivity index (χ0) is 24.4. The van der Waals surface area contributed by atoms with Crippen molar-refractivity contribution in [1.29, 1.82) is 0 Å². The Balaban J connectivity index is 1.28. The van der Waals surface area contributed by atoms with Crippen LogP contribution in [0, 0.1) is 11.8 Å². The molecule has 35 heavy (non-hydrogen) atoms. The Kier molecular flexibility index (Phi) is 7.41. The summed E-state index contributed by atoms with van der Waals surface area (Å²) in [5, 5.41) is 4.76. The van der Waals surface area contributed by atoms with Gasteiger partial charge in [0.15, 0.2) is 0 Å². The van der Waals surface area contributed by atoms with E-state index in [1.165, 1.54) is 25.9 Å². The quantitative estimate of drug-likeness (QED) is 0.711. The van der Waals surface area contributed by atoms with E-state index in [1.54, 1.807) is 5.01 Å². The lowest BCUT2D eigenvalue weighted by molar-refractivity contribution is -0.147. The van der Waals surface area contributed by atoms with Gasteiger partial charge in [0.2, 0.25) is 5.91 Å². The van der Waals surface area contributed by atoms with E-state index in [1.807, 2.05) is 47.3 Å². The van der Waals surface area contributed by atoms with Gasteiger partial charge >= 0.3 is 0 Å². The summed E-state index contributed by atoms with van der Waals surface area (Å²) in [5.74, 6) is 1.42. The third-order valence-electron chi connectivity index (χ3n) is 8.31. The van der Waals surface area contributed by atoms with Gasteiger partial charge < -0.3 is 19.5 Å². The molecule has 3 aliphatic rings. The van der Waals surface area contributed by atoms with Crippen LogP contribution in [0.5, 0.6) is 0 Å². The molecule has 0 aliphatic carbocycles. The number of nitrogens with zero attached hydrogens (tertiary/aromatic N) is 4. The smallest absolute Gasteiger partial charge is 0.268 e. The number of nitrogens with one attached hydrogen (secondary N) is 1. The van der Waals surface area contributed by atoms with Gasteiger partial charge in [0, 0.05) is 43.5 Å². The standard InChI is InChI=1S/C27H39N5O3/c1-20(26(33)30-13-8-22(9-14-30)21-6-11-29(2)12-7-21)32(31-15-17-35-18-16-31)27(34)24-4-3-23-5-10-28-25(23)19-24/h3-5,10,19-22,28H,6-9,11-18H2,1-2H3/t20-/m1/s1. The van der Waals surface area contributed by atoms with Crippen LogP contribution in [-0.2, 0) is 9.53 Å². The Hall–Kier alpha value is -2.42. The molecule has 1 aromatic carbocycles. The van der Waals surface area contributed by atoms with Gasteiger partial charge in [0.05, 0.1) is 13.2 Å². The summed E-state index contributed by atoms with van der Waals surface area (Å²) in [6.07, 6.45) is 6.57. The fourth-order valence-electron chi connectivity index (χ4n) is 6.09. The number of aromatic nitrogens is 1. The van der Waals surface area contributed by atoms with Gasteiger partial charge in [-0.1, -0.05) is 6.07 Å². The predicted molar refractivity (Wildman–Crippen MR) is 136 cm³/mol. The van der Waals surface area contributed by atoms with Gasteiger partial charge in [-0.05, 0) is 88.2 Å². The lowest BCUT2D eigenvalue weighted by Crippen LogP contribution is -2.60. The minimum atomic E-state index is -0.556. The summed E-state index contributed by atoms with van der Waals surface area (Å²) in [4.78, 5) is 35.1. The second kappa shape index (κ2) is 10.7. The van der Waals surface area contributed by atoms with Gasteiger partial charge in [-0.25, -0.2) is 5.01 Å². The largest absolute Gasteiger partial charge is 0.379 e. The Bertz CT molecular complexity index is 1020. The van der Waals surface area contributed by atoms with E-state index in [-0.39, 0.29) is 11.8 Å². The number of hydrogen-bond donors (Lipinski definition) is 1. The molecule has 0 radical (unpaired) electrons. The monoisotopic (exact) mass is 481 g/mol. The third kappa shape index (κ3) is 5.25.